The van der Waals surface area contributed by atoms with Gasteiger partial charge in [-0.25, -0.2) is 4.79 Å². The number of carbonyl (C=O) groups is 2. The number of hydrogen-bond acceptors (Lipinski definition) is 5. The van der Waals surface area contributed by atoms with Crippen molar-refractivity contribution in [3.8, 4) is 6.07 Å². The normalized spacial score (nSPS) is 14.0. The van der Waals surface area contributed by atoms with Gasteiger partial charge in [-0.3, -0.25) is 4.90 Å². The van der Waals surface area contributed by atoms with E-state index in [9.17, 15) is 9.59 Å². The molecule has 0 saturated carbocycles. The summed E-state index contributed by atoms with van der Waals surface area (Å²) < 4.78 is 5.27. The van der Waals surface area contributed by atoms with E-state index >= 15 is 0 Å². The lowest BCUT2D eigenvalue weighted by Crippen LogP contribution is -2.47. The molecule has 1 amide bonds. The van der Waals surface area contributed by atoms with Crippen molar-refractivity contribution in [1.82, 2.24) is 4.90 Å². The van der Waals surface area contributed by atoms with Crippen LogP contribution in [0.1, 0.15) is 37.4 Å². The summed E-state index contributed by atoms with van der Waals surface area (Å²) in [7, 11) is 1.51. The molecule has 0 radical (unpaired) electrons. The van der Waals surface area contributed by atoms with E-state index in [1.54, 1.807) is 39.8 Å². The second-order valence-corrected chi connectivity index (χ2v) is 6.66. The molecule has 0 aromatic carbocycles. The fourth-order valence-corrected chi connectivity index (χ4v) is 2.44. The molecule has 1 rings (SSSR count). The topological polar surface area (TPSA) is 70.4 Å². The molecule has 1 aromatic rings. The molecule has 1 atom stereocenters. The number of thiophene rings is 1. The lowest BCUT2D eigenvalue weighted by molar-refractivity contribution is -0.117. The molecule has 1 unspecified atom stereocenters. The van der Waals surface area contributed by atoms with Gasteiger partial charge in [0.1, 0.15) is 22.1 Å². The van der Waals surface area contributed by atoms with E-state index in [4.69, 9.17) is 10.00 Å². The summed E-state index contributed by atoms with van der Waals surface area (Å²) in [6.45, 7) is 6.90. The third kappa shape index (κ3) is 3.36. The number of ether oxygens (including phenoxy) is 1. The van der Waals surface area contributed by atoms with E-state index in [0.29, 0.717) is 16.0 Å². The van der Waals surface area contributed by atoms with E-state index in [-0.39, 0.29) is 0 Å². The number of rotatable bonds is 3. The molecule has 0 spiro atoms. The molecular weight excluding hydrogens is 276 g/mol. The Morgan fingerprint density at radius 1 is 1.40 bits per heavy atom. The number of likely N-dealkylation sites (N-methyl/N-ethyl adjacent to an activating group) is 1. The van der Waals surface area contributed by atoms with Crippen LogP contribution in [0.25, 0.3) is 0 Å². The Hall–Kier alpha value is -1.87. The van der Waals surface area contributed by atoms with E-state index in [2.05, 4.69) is 0 Å². The van der Waals surface area contributed by atoms with Crippen LogP contribution in [0.3, 0.4) is 0 Å². The van der Waals surface area contributed by atoms with Gasteiger partial charge in [0.15, 0.2) is 6.29 Å². The number of aldehydes is 1. The summed E-state index contributed by atoms with van der Waals surface area (Å²) in [5, 5.41) is 8.86. The fraction of sp³-hybridized carbons (Fsp3) is 0.500. The van der Waals surface area contributed by atoms with E-state index in [1.807, 2.05) is 6.07 Å². The molecule has 0 fully saturated rings. The summed E-state index contributed by atoms with van der Waals surface area (Å²) in [6.07, 6.45) is 0.100. The van der Waals surface area contributed by atoms with Crippen molar-refractivity contribution >= 4 is 23.7 Å². The SMILES string of the molecule is CN(C(=O)OC(C)(C)C)C(C)(C=O)c1ccc(C#N)s1. The lowest BCUT2D eigenvalue weighted by atomic mass is 10.0. The van der Waals surface area contributed by atoms with Crippen molar-refractivity contribution in [3.63, 3.8) is 0 Å². The minimum atomic E-state index is -1.15. The number of hydrogen-bond donors (Lipinski definition) is 0. The van der Waals surface area contributed by atoms with Crippen LogP contribution in [0.4, 0.5) is 4.79 Å². The summed E-state index contributed by atoms with van der Waals surface area (Å²) in [6, 6.07) is 5.33. The monoisotopic (exact) mass is 294 g/mol. The maximum Gasteiger partial charge on any atom is 0.411 e. The van der Waals surface area contributed by atoms with Crippen LogP contribution < -0.4 is 0 Å². The van der Waals surface area contributed by atoms with E-state index < -0.39 is 17.2 Å². The summed E-state index contributed by atoms with van der Waals surface area (Å²) in [4.78, 5) is 26.0. The van der Waals surface area contributed by atoms with Crippen LogP contribution in [0.5, 0.6) is 0 Å². The van der Waals surface area contributed by atoms with Crippen molar-refractivity contribution < 1.29 is 14.3 Å². The Morgan fingerprint density at radius 3 is 2.40 bits per heavy atom. The molecule has 0 aliphatic carbocycles. The smallest absolute Gasteiger partial charge is 0.411 e. The number of carbonyl (C=O) groups excluding carboxylic acids is 2. The quantitative estimate of drug-likeness (QED) is 0.804. The van der Waals surface area contributed by atoms with Crippen LogP contribution in [0, 0.1) is 11.3 Å². The molecule has 0 saturated heterocycles. The predicted molar refractivity (Wildman–Crippen MR) is 76.4 cm³/mol. The van der Waals surface area contributed by atoms with Gasteiger partial charge in [0.2, 0.25) is 0 Å². The largest absolute Gasteiger partial charge is 0.444 e. The third-order valence-electron chi connectivity index (χ3n) is 2.81. The average molecular weight is 294 g/mol. The minimum absolute atomic E-state index is 0.491. The molecule has 108 valence electrons. The molecule has 20 heavy (non-hydrogen) atoms. The third-order valence-corrected chi connectivity index (χ3v) is 4.03. The molecule has 1 aromatic heterocycles. The van der Waals surface area contributed by atoms with Gasteiger partial charge in [-0.05, 0) is 39.8 Å². The standard InChI is InChI=1S/C14H18N2O3S/c1-13(2,3)19-12(18)16(5)14(4,9-17)11-7-6-10(8-15)20-11/h6-7,9H,1-5H3. The molecule has 1 heterocycles. The average Bonchev–Trinajstić information content (AvgIpc) is 2.84. The Balaban J connectivity index is 3.07. The molecule has 0 N–H and O–H groups in total. The van der Waals surface area contributed by atoms with Crippen molar-refractivity contribution in [2.75, 3.05) is 7.05 Å². The first-order chi connectivity index (χ1) is 9.14. The molecular formula is C14H18N2O3S. The molecule has 0 aliphatic heterocycles. The Morgan fingerprint density at radius 2 is 2.00 bits per heavy atom. The van der Waals surface area contributed by atoms with Crippen LogP contribution >= 0.6 is 11.3 Å². The van der Waals surface area contributed by atoms with Crippen LogP contribution in [0.15, 0.2) is 12.1 Å². The predicted octanol–water partition coefficient (Wildman–Crippen LogP) is 2.90. The zero-order chi connectivity index (χ0) is 15.6. The Bertz CT molecular complexity index is 554. The molecule has 0 aliphatic rings. The zero-order valence-corrected chi connectivity index (χ0v) is 13.1. The van der Waals surface area contributed by atoms with Gasteiger partial charge in [0.05, 0.1) is 0 Å². The van der Waals surface area contributed by atoms with E-state index in [0.717, 1.165) is 0 Å². The highest BCUT2D eigenvalue weighted by Gasteiger charge is 2.38. The van der Waals surface area contributed by atoms with Crippen molar-refractivity contribution in [3.05, 3.63) is 21.9 Å². The van der Waals surface area contributed by atoms with Crippen LogP contribution in [0.2, 0.25) is 0 Å². The van der Waals surface area contributed by atoms with Gasteiger partial charge in [-0.2, -0.15) is 5.26 Å². The van der Waals surface area contributed by atoms with Gasteiger partial charge in [-0.15, -0.1) is 11.3 Å². The first-order valence-electron chi connectivity index (χ1n) is 6.07. The Labute approximate surface area is 122 Å². The fourth-order valence-electron chi connectivity index (χ4n) is 1.49. The lowest BCUT2D eigenvalue weighted by Gasteiger charge is -2.34. The number of nitrogens with zero attached hydrogens (tertiary/aromatic N) is 2. The van der Waals surface area contributed by atoms with Gasteiger partial charge in [0, 0.05) is 11.9 Å². The summed E-state index contributed by atoms with van der Waals surface area (Å²) in [5.74, 6) is 0. The highest BCUT2D eigenvalue weighted by Crippen LogP contribution is 2.32. The van der Waals surface area contributed by atoms with Gasteiger partial charge >= 0.3 is 6.09 Å². The molecule has 6 heteroatoms. The van der Waals surface area contributed by atoms with Crippen molar-refractivity contribution in [2.45, 2.75) is 38.8 Å². The van der Waals surface area contributed by atoms with Gasteiger partial charge in [-0.1, -0.05) is 0 Å². The van der Waals surface area contributed by atoms with E-state index in [1.165, 1.54) is 23.3 Å². The van der Waals surface area contributed by atoms with Gasteiger partial charge in [0.25, 0.3) is 0 Å². The highest BCUT2D eigenvalue weighted by atomic mass is 32.1. The second-order valence-electron chi connectivity index (χ2n) is 5.58. The number of amides is 1. The molecule has 5 nitrogen and oxygen atoms in total. The summed E-state index contributed by atoms with van der Waals surface area (Å²) in [5.41, 5.74) is -1.79. The van der Waals surface area contributed by atoms with Gasteiger partial charge < -0.3 is 9.53 Å². The Kier molecular flexibility index (Phi) is 4.56. The summed E-state index contributed by atoms with van der Waals surface area (Å²) >= 11 is 1.19. The van der Waals surface area contributed by atoms with Crippen molar-refractivity contribution in [1.29, 1.82) is 5.26 Å². The highest BCUT2D eigenvalue weighted by molar-refractivity contribution is 7.12. The number of nitriles is 1. The van der Waals surface area contributed by atoms with Crippen LogP contribution in [-0.2, 0) is 15.1 Å². The molecule has 0 bridgehead atoms. The van der Waals surface area contributed by atoms with Crippen LogP contribution in [-0.4, -0.2) is 29.9 Å². The maximum atomic E-state index is 12.1. The van der Waals surface area contributed by atoms with Crippen molar-refractivity contribution in [2.24, 2.45) is 0 Å². The second kappa shape index (κ2) is 5.63. The first kappa shape index (κ1) is 16.2. The minimum Gasteiger partial charge on any atom is -0.444 e. The first-order valence-corrected chi connectivity index (χ1v) is 6.89. The zero-order valence-electron chi connectivity index (χ0n) is 12.3. The maximum absolute atomic E-state index is 12.1.